The normalized spacial score (nSPS) is 10.6. The molecule has 1 amide bonds. The van der Waals surface area contributed by atoms with Crippen LogP contribution in [0.2, 0.25) is 0 Å². The zero-order valence-electron chi connectivity index (χ0n) is 9.38. The molecule has 0 saturated carbocycles. The van der Waals surface area contributed by atoms with Crippen molar-refractivity contribution in [3.8, 4) is 0 Å². The van der Waals surface area contributed by atoms with Gasteiger partial charge in [-0.2, -0.15) is 0 Å². The van der Waals surface area contributed by atoms with Gasteiger partial charge in [-0.3, -0.25) is 4.79 Å². The van der Waals surface area contributed by atoms with Crippen LogP contribution in [0.3, 0.4) is 0 Å². The smallest absolute Gasteiger partial charge is 0.217 e. The fourth-order valence-electron chi connectivity index (χ4n) is 1.37. The lowest BCUT2D eigenvalue weighted by Crippen LogP contribution is -2.15. The van der Waals surface area contributed by atoms with Crippen molar-refractivity contribution in [1.82, 2.24) is 5.32 Å². The molecule has 16 heavy (non-hydrogen) atoms. The molecular weight excluding hydrogens is 288 g/mol. The van der Waals surface area contributed by atoms with Gasteiger partial charge < -0.3 is 11.1 Å². The number of amides is 1. The molecule has 0 aromatic carbocycles. The van der Waals surface area contributed by atoms with E-state index in [0.717, 1.165) is 25.9 Å². The van der Waals surface area contributed by atoms with Crippen molar-refractivity contribution >= 4 is 33.2 Å². The molecule has 0 atom stereocenters. The van der Waals surface area contributed by atoms with Crippen molar-refractivity contribution in [1.29, 1.82) is 0 Å². The summed E-state index contributed by atoms with van der Waals surface area (Å²) in [6.07, 6.45) is 2.36. The Balaban J connectivity index is 2.09. The van der Waals surface area contributed by atoms with E-state index in [0.29, 0.717) is 6.42 Å². The number of nitrogens with two attached hydrogens (primary N) is 1. The van der Waals surface area contributed by atoms with Gasteiger partial charge in [-0.05, 0) is 48.3 Å². The second kappa shape index (κ2) is 7.04. The van der Waals surface area contributed by atoms with Crippen LogP contribution < -0.4 is 11.1 Å². The predicted octanol–water partition coefficient (Wildman–Crippen LogP) is 2.56. The van der Waals surface area contributed by atoms with E-state index < -0.39 is 0 Å². The standard InChI is InChI=1S/C11H17BrN2OS/c1-8-10(12)6-9(16-8)7-14-5-3-2-4-11(13)15/h6,14H,2-5,7H2,1H3,(H2,13,15). The third-order valence-corrected chi connectivity index (χ3v) is 4.37. The highest BCUT2D eigenvalue weighted by Crippen LogP contribution is 2.25. The molecular formula is C11H17BrN2OS. The average molecular weight is 305 g/mol. The van der Waals surface area contributed by atoms with Crippen LogP contribution in [0.5, 0.6) is 0 Å². The largest absolute Gasteiger partial charge is 0.370 e. The Morgan fingerprint density at radius 3 is 2.88 bits per heavy atom. The van der Waals surface area contributed by atoms with E-state index in [1.54, 1.807) is 11.3 Å². The summed E-state index contributed by atoms with van der Waals surface area (Å²) < 4.78 is 1.18. The van der Waals surface area contributed by atoms with Gasteiger partial charge >= 0.3 is 0 Å². The highest BCUT2D eigenvalue weighted by Gasteiger charge is 2.01. The quantitative estimate of drug-likeness (QED) is 0.761. The number of primary amides is 1. The van der Waals surface area contributed by atoms with Crippen LogP contribution in [0, 0.1) is 6.92 Å². The lowest BCUT2D eigenvalue weighted by Gasteiger charge is -2.01. The van der Waals surface area contributed by atoms with Gasteiger partial charge in [-0.1, -0.05) is 0 Å². The van der Waals surface area contributed by atoms with E-state index in [1.165, 1.54) is 14.2 Å². The molecule has 5 heteroatoms. The summed E-state index contributed by atoms with van der Waals surface area (Å²) in [5.74, 6) is -0.210. The van der Waals surface area contributed by atoms with E-state index in [4.69, 9.17) is 5.73 Å². The first-order valence-corrected chi connectivity index (χ1v) is 6.94. The molecule has 0 aliphatic heterocycles. The van der Waals surface area contributed by atoms with E-state index >= 15 is 0 Å². The fraction of sp³-hybridized carbons (Fsp3) is 0.545. The molecule has 0 radical (unpaired) electrons. The number of halogens is 1. The average Bonchev–Trinajstić information content (AvgIpc) is 2.52. The number of aryl methyl sites for hydroxylation is 1. The molecule has 0 saturated heterocycles. The SMILES string of the molecule is Cc1sc(CNCCCCC(N)=O)cc1Br. The molecule has 0 bridgehead atoms. The Morgan fingerprint density at radius 1 is 1.56 bits per heavy atom. The minimum atomic E-state index is -0.210. The number of unbranched alkanes of at least 4 members (excludes halogenated alkanes) is 1. The molecule has 0 spiro atoms. The molecule has 90 valence electrons. The Morgan fingerprint density at radius 2 is 2.31 bits per heavy atom. The Bertz CT molecular complexity index is 332. The topological polar surface area (TPSA) is 55.1 Å². The van der Waals surface area contributed by atoms with Crippen molar-refractivity contribution < 1.29 is 4.79 Å². The van der Waals surface area contributed by atoms with E-state index in [1.807, 2.05) is 0 Å². The van der Waals surface area contributed by atoms with Crippen LogP contribution in [-0.4, -0.2) is 12.5 Å². The van der Waals surface area contributed by atoms with Crippen LogP contribution in [0.4, 0.5) is 0 Å². The Kier molecular flexibility index (Phi) is 6.01. The second-order valence-electron chi connectivity index (χ2n) is 3.72. The van der Waals surface area contributed by atoms with Gasteiger partial charge in [0.1, 0.15) is 0 Å². The Labute approximate surface area is 109 Å². The van der Waals surface area contributed by atoms with Crippen LogP contribution in [-0.2, 0) is 11.3 Å². The summed E-state index contributed by atoms with van der Waals surface area (Å²) in [7, 11) is 0. The summed E-state index contributed by atoms with van der Waals surface area (Å²) in [4.78, 5) is 13.1. The first kappa shape index (κ1) is 13.7. The fourth-order valence-corrected chi connectivity index (χ4v) is 2.94. The summed E-state index contributed by atoms with van der Waals surface area (Å²) in [5.41, 5.74) is 5.05. The molecule has 3 nitrogen and oxygen atoms in total. The third-order valence-electron chi connectivity index (χ3n) is 2.23. The van der Waals surface area contributed by atoms with Gasteiger partial charge in [-0.25, -0.2) is 0 Å². The lowest BCUT2D eigenvalue weighted by molar-refractivity contribution is -0.118. The van der Waals surface area contributed by atoms with Gasteiger partial charge in [0.05, 0.1) is 0 Å². The molecule has 0 aliphatic carbocycles. The third kappa shape index (κ3) is 5.09. The summed E-state index contributed by atoms with van der Waals surface area (Å²) >= 11 is 5.30. The Hall–Kier alpha value is -0.390. The lowest BCUT2D eigenvalue weighted by atomic mass is 10.2. The molecule has 0 aliphatic rings. The van der Waals surface area contributed by atoms with Crippen LogP contribution in [0.1, 0.15) is 29.0 Å². The molecule has 0 unspecified atom stereocenters. The summed E-state index contributed by atoms with van der Waals surface area (Å²) in [5, 5.41) is 3.35. The molecule has 1 rings (SSSR count). The first-order chi connectivity index (χ1) is 7.59. The van der Waals surface area contributed by atoms with Crippen molar-refractivity contribution in [2.45, 2.75) is 32.7 Å². The zero-order valence-corrected chi connectivity index (χ0v) is 11.8. The van der Waals surface area contributed by atoms with Crippen molar-refractivity contribution in [3.63, 3.8) is 0 Å². The minimum Gasteiger partial charge on any atom is -0.370 e. The van der Waals surface area contributed by atoms with E-state index in [9.17, 15) is 4.79 Å². The van der Waals surface area contributed by atoms with Crippen molar-refractivity contribution in [3.05, 3.63) is 20.3 Å². The number of carbonyl (C=O) groups excluding carboxylic acids is 1. The maximum atomic E-state index is 10.5. The van der Waals surface area contributed by atoms with E-state index in [2.05, 4.69) is 34.2 Å². The van der Waals surface area contributed by atoms with Gasteiger partial charge in [0, 0.05) is 27.2 Å². The number of rotatable bonds is 7. The van der Waals surface area contributed by atoms with Crippen molar-refractivity contribution in [2.24, 2.45) is 5.73 Å². The van der Waals surface area contributed by atoms with Crippen LogP contribution >= 0.6 is 27.3 Å². The van der Waals surface area contributed by atoms with E-state index in [-0.39, 0.29) is 5.91 Å². The van der Waals surface area contributed by atoms with Crippen LogP contribution in [0.25, 0.3) is 0 Å². The highest BCUT2D eigenvalue weighted by molar-refractivity contribution is 9.10. The van der Waals surface area contributed by atoms with Crippen LogP contribution in [0.15, 0.2) is 10.5 Å². The number of thiophene rings is 1. The zero-order chi connectivity index (χ0) is 12.0. The van der Waals surface area contributed by atoms with Gasteiger partial charge in [0.2, 0.25) is 5.91 Å². The summed E-state index contributed by atoms with van der Waals surface area (Å²) in [6, 6.07) is 2.15. The van der Waals surface area contributed by atoms with Crippen molar-refractivity contribution in [2.75, 3.05) is 6.54 Å². The second-order valence-corrected chi connectivity index (χ2v) is 5.91. The predicted molar refractivity (Wildman–Crippen MR) is 71.5 cm³/mol. The molecule has 1 heterocycles. The summed E-state index contributed by atoms with van der Waals surface area (Å²) in [6.45, 7) is 3.93. The maximum Gasteiger partial charge on any atom is 0.217 e. The van der Waals surface area contributed by atoms with Gasteiger partial charge in [0.25, 0.3) is 0 Å². The maximum absolute atomic E-state index is 10.5. The van der Waals surface area contributed by atoms with Gasteiger partial charge in [-0.15, -0.1) is 11.3 Å². The molecule has 0 fully saturated rings. The number of hydrogen-bond acceptors (Lipinski definition) is 3. The molecule has 3 N–H and O–H groups in total. The monoisotopic (exact) mass is 304 g/mol. The number of hydrogen-bond donors (Lipinski definition) is 2. The highest BCUT2D eigenvalue weighted by atomic mass is 79.9. The molecule has 1 aromatic heterocycles. The minimum absolute atomic E-state index is 0.210. The number of nitrogens with one attached hydrogen (secondary N) is 1. The van der Waals surface area contributed by atoms with Gasteiger partial charge in [0.15, 0.2) is 0 Å². The molecule has 1 aromatic rings. The number of carbonyl (C=O) groups is 1. The first-order valence-electron chi connectivity index (χ1n) is 5.33.